The molecular formula is C16H23F2N2O3S+. The summed E-state index contributed by atoms with van der Waals surface area (Å²) in [5, 5.41) is 0. The van der Waals surface area contributed by atoms with Crippen molar-refractivity contribution >= 4 is 10.0 Å². The third-order valence-corrected chi connectivity index (χ3v) is 6.64. The van der Waals surface area contributed by atoms with Gasteiger partial charge >= 0.3 is 0 Å². The average molecular weight is 361 g/mol. The third kappa shape index (κ3) is 3.93. The number of nitrogens with one attached hydrogen (secondary N) is 1. The topological polar surface area (TPSA) is 51.0 Å². The minimum Gasteiger partial charge on any atom is -0.372 e. The van der Waals surface area contributed by atoms with E-state index in [1.807, 2.05) is 0 Å². The summed E-state index contributed by atoms with van der Waals surface area (Å²) >= 11 is 0. The summed E-state index contributed by atoms with van der Waals surface area (Å²) in [5.41, 5.74) is 0. The van der Waals surface area contributed by atoms with Gasteiger partial charge in [0.1, 0.15) is 29.2 Å². The Hall–Kier alpha value is -1.09. The Morgan fingerprint density at radius 3 is 2.62 bits per heavy atom. The first-order valence-corrected chi connectivity index (χ1v) is 9.81. The Labute approximate surface area is 141 Å². The number of hydrogen-bond acceptors (Lipinski definition) is 3. The van der Waals surface area contributed by atoms with E-state index in [-0.39, 0.29) is 6.10 Å². The van der Waals surface area contributed by atoms with Gasteiger partial charge in [-0.05, 0) is 37.5 Å². The summed E-state index contributed by atoms with van der Waals surface area (Å²) in [6, 6.07) is 2.52. The van der Waals surface area contributed by atoms with Crippen LogP contribution in [0.4, 0.5) is 8.78 Å². The minimum absolute atomic E-state index is 0.248. The van der Waals surface area contributed by atoms with Crippen molar-refractivity contribution in [1.29, 1.82) is 0 Å². The molecule has 8 heteroatoms. The summed E-state index contributed by atoms with van der Waals surface area (Å²) < 4.78 is 59.2. The maximum atomic E-state index is 13.8. The van der Waals surface area contributed by atoms with Crippen LogP contribution in [0, 0.1) is 11.6 Å². The van der Waals surface area contributed by atoms with E-state index in [4.69, 9.17) is 4.74 Å². The fourth-order valence-electron chi connectivity index (χ4n) is 3.35. The van der Waals surface area contributed by atoms with Gasteiger partial charge in [0.25, 0.3) is 0 Å². The van der Waals surface area contributed by atoms with Crippen LogP contribution in [0.2, 0.25) is 0 Å². The second-order valence-electron chi connectivity index (χ2n) is 6.42. The largest absolute Gasteiger partial charge is 0.372 e. The molecule has 2 aliphatic rings. The number of rotatable bonds is 4. The third-order valence-electron chi connectivity index (χ3n) is 4.73. The van der Waals surface area contributed by atoms with E-state index in [9.17, 15) is 17.2 Å². The second kappa shape index (κ2) is 7.43. The quantitative estimate of drug-likeness (QED) is 0.846. The van der Waals surface area contributed by atoms with Crippen LogP contribution < -0.4 is 4.90 Å². The van der Waals surface area contributed by atoms with E-state index >= 15 is 0 Å². The monoisotopic (exact) mass is 361 g/mol. The van der Waals surface area contributed by atoms with Crippen LogP contribution in [-0.4, -0.2) is 58.2 Å². The molecule has 0 radical (unpaired) electrons. The molecule has 2 saturated heterocycles. The van der Waals surface area contributed by atoms with Crippen molar-refractivity contribution in [1.82, 2.24) is 4.31 Å². The molecule has 0 aliphatic carbocycles. The lowest BCUT2D eigenvalue weighted by Crippen LogP contribution is -3.15. The van der Waals surface area contributed by atoms with E-state index in [1.165, 1.54) is 15.6 Å². The highest BCUT2D eigenvalue weighted by atomic mass is 32.2. The molecule has 1 atom stereocenters. The van der Waals surface area contributed by atoms with Crippen LogP contribution in [-0.2, 0) is 14.8 Å². The summed E-state index contributed by atoms with van der Waals surface area (Å²) in [7, 11) is -4.00. The predicted molar refractivity (Wildman–Crippen MR) is 84.3 cm³/mol. The predicted octanol–water partition coefficient (Wildman–Crippen LogP) is 0.423. The van der Waals surface area contributed by atoms with Crippen LogP contribution in [0.15, 0.2) is 23.1 Å². The molecule has 2 fully saturated rings. The molecule has 1 aromatic rings. The van der Waals surface area contributed by atoms with Gasteiger partial charge in [0, 0.05) is 6.61 Å². The fourth-order valence-corrected chi connectivity index (χ4v) is 4.87. The van der Waals surface area contributed by atoms with Crippen molar-refractivity contribution < 1.29 is 26.8 Å². The van der Waals surface area contributed by atoms with Crippen LogP contribution in [0.3, 0.4) is 0 Å². The molecule has 0 spiro atoms. The van der Waals surface area contributed by atoms with Gasteiger partial charge in [-0.15, -0.1) is 0 Å². The van der Waals surface area contributed by atoms with Crippen molar-refractivity contribution in [2.75, 3.05) is 39.3 Å². The zero-order valence-electron chi connectivity index (χ0n) is 13.5. The number of benzene rings is 1. The smallest absolute Gasteiger partial charge is 0.246 e. The molecule has 1 N–H and O–H groups in total. The van der Waals surface area contributed by atoms with Gasteiger partial charge in [-0.3, -0.25) is 0 Å². The van der Waals surface area contributed by atoms with Crippen molar-refractivity contribution in [3.05, 3.63) is 29.8 Å². The normalized spacial score (nSPS) is 24.2. The van der Waals surface area contributed by atoms with E-state index in [0.29, 0.717) is 26.2 Å². The molecule has 5 nitrogen and oxygen atoms in total. The number of sulfonamides is 1. The molecule has 0 amide bonds. The summed E-state index contributed by atoms with van der Waals surface area (Å²) in [5.74, 6) is -1.67. The molecule has 3 rings (SSSR count). The first kappa shape index (κ1) is 17.7. The molecular weight excluding hydrogens is 338 g/mol. The highest BCUT2D eigenvalue weighted by Crippen LogP contribution is 2.20. The Morgan fingerprint density at radius 2 is 1.96 bits per heavy atom. The Morgan fingerprint density at radius 1 is 1.21 bits per heavy atom. The minimum atomic E-state index is -4.00. The molecule has 0 bridgehead atoms. The first-order chi connectivity index (χ1) is 11.5. The van der Waals surface area contributed by atoms with Gasteiger partial charge in [0.05, 0.1) is 26.2 Å². The zero-order chi connectivity index (χ0) is 17.2. The Balaban J connectivity index is 1.62. The van der Waals surface area contributed by atoms with Crippen LogP contribution >= 0.6 is 0 Å². The lowest BCUT2D eigenvalue weighted by atomic mass is 10.1. The maximum absolute atomic E-state index is 13.8. The molecule has 2 aliphatic heterocycles. The van der Waals surface area contributed by atoms with Gasteiger partial charge in [-0.25, -0.2) is 17.2 Å². The average Bonchev–Trinajstić information content (AvgIpc) is 2.58. The van der Waals surface area contributed by atoms with Gasteiger partial charge in [0.15, 0.2) is 0 Å². The molecule has 24 heavy (non-hydrogen) atoms. The van der Waals surface area contributed by atoms with Gasteiger partial charge in [0.2, 0.25) is 10.0 Å². The standard InChI is InChI=1S/C16H22F2N2O3S/c17-13-4-5-15(18)16(11-13)24(21,22)20-8-6-19(7-9-20)12-14-3-1-2-10-23-14/h4-5,11,14H,1-3,6-10,12H2/p+1/t14-/m0/s1. The number of quaternary nitrogens is 1. The highest BCUT2D eigenvalue weighted by molar-refractivity contribution is 7.89. The lowest BCUT2D eigenvalue weighted by molar-refractivity contribution is -0.907. The number of hydrogen-bond donors (Lipinski definition) is 1. The zero-order valence-corrected chi connectivity index (χ0v) is 14.3. The molecule has 0 unspecified atom stereocenters. The SMILES string of the molecule is O=S(=O)(c1cc(F)ccc1F)N1CC[NH+](C[C@@H]2CCCCO2)CC1. The molecule has 2 heterocycles. The fraction of sp³-hybridized carbons (Fsp3) is 0.625. The van der Waals surface area contributed by atoms with Crippen molar-refractivity contribution in [3.63, 3.8) is 0 Å². The van der Waals surface area contributed by atoms with Crippen LogP contribution in [0.25, 0.3) is 0 Å². The van der Waals surface area contributed by atoms with Gasteiger partial charge in [-0.1, -0.05) is 0 Å². The molecule has 1 aromatic carbocycles. The molecule has 134 valence electrons. The van der Waals surface area contributed by atoms with Gasteiger partial charge < -0.3 is 9.64 Å². The number of nitrogens with zero attached hydrogens (tertiary/aromatic N) is 1. The highest BCUT2D eigenvalue weighted by Gasteiger charge is 2.33. The molecule has 0 aromatic heterocycles. The van der Waals surface area contributed by atoms with Crippen molar-refractivity contribution in [2.45, 2.75) is 30.3 Å². The number of ether oxygens (including phenoxy) is 1. The number of halogens is 2. The van der Waals surface area contributed by atoms with E-state index in [1.54, 1.807) is 0 Å². The van der Waals surface area contributed by atoms with E-state index in [2.05, 4.69) is 0 Å². The summed E-state index contributed by atoms with van der Waals surface area (Å²) in [6.45, 7) is 3.59. The van der Waals surface area contributed by atoms with Crippen LogP contribution in [0.5, 0.6) is 0 Å². The first-order valence-electron chi connectivity index (χ1n) is 8.37. The second-order valence-corrected chi connectivity index (χ2v) is 8.33. The summed E-state index contributed by atoms with van der Waals surface area (Å²) in [4.78, 5) is 0.717. The Kier molecular flexibility index (Phi) is 5.49. The van der Waals surface area contributed by atoms with Gasteiger partial charge in [-0.2, -0.15) is 4.31 Å². The lowest BCUT2D eigenvalue weighted by Gasteiger charge is -2.34. The van der Waals surface area contributed by atoms with E-state index < -0.39 is 26.6 Å². The summed E-state index contributed by atoms with van der Waals surface area (Å²) in [6.07, 6.45) is 3.59. The van der Waals surface area contributed by atoms with Crippen LogP contribution in [0.1, 0.15) is 19.3 Å². The molecule has 0 saturated carbocycles. The van der Waals surface area contributed by atoms with Crippen molar-refractivity contribution in [2.24, 2.45) is 0 Å². The maximum Gasteiger partial charge on any atom is 0.246 e. The van der Waals surface area contributed by atoms with Crippen molar-refractivity contribution in [3.8, 4) is 0 Å². The van der Waals surface area contributed by atoms with E-state index in [0.717, 1.165) is 44.2 Å². The Bertz CT molecular complexity index is 670. The number of piperazine rings is 1.